The zero-order valence-corrected chi connectivity index (χ0v) is 19.6. The summed E-state index contributed by atoms with van der Waals surface area (Å²) in [5, 5.41) is 3.56. The van der Waals surface area contributed by atoms with Crippen molar-refractivity contribution in [3.8, 4) is 17.3 Å². The Hall–Kier alpha value is -3.29. The lowest BCUT2D eigenvalue weighted by Crippen LogP contribution is -2.54. The number of ether oxygens (including phenoxy) is 1. The predicted molar refractivity (Wildman–Crippen MR) is 117 cm³/mol. The number of amides is 1. The first-order chi connectivity index (χ1) is 16.2. The Morgan fingerprint density at radius 2 is 1.97 bits per heavy atom. The van der Waals surface area contributed by atoms with Gasteiger partial charge in [0, 0.05) is 43.6 Å². The van der Waals surface area contributed by atoms with Crippen LogP contribution < -0.4 is 9.64 Å². The van der Waals surface area contributed by atoms with Crippen molar-refractivity contribution in [1.29, 1.82) is 0 Å². The number of rotatable bonds is 6. The van der Waals surface area contributed by atoms with Crippen molar-refractivity contribution in [2.75, 3.05) is 31.1 Å². The smallest absolute Gasteiger partial charge is 0.443 e. The average molecular weight is 497 g/mol. The molecule has 34 heavy (non-hydrogen) atoms. The molecule has 3 aromatic heterocycles. The number of nitrogens with zero attached hydrogens (tertiary/aromatic N) is 8. The normalized spacial score (nSPS) is 16.7. The Morgan fingerprint density at radius 3 is 2.56 bits per heavy atom. The van der Waals surface area contributed by atoms with Crippen LogP contribution >= 0.6 is 11.3 Å². The van der Waals surface area contributed by atoms with Gasteiger partial charge in [0.05, 0.1) is 6.61 Å². The summed E-state index contributed by atoms with van der Waals surface area (Å²) in [7, 11) is 0. The molecule has 1 amide bonds. The van der Waals surface area contributed by atoms with E-state index in [1.54, 1.807) is 18.7 Å². The van der Waals surface area contributed by atoms with E-state index >= 15 is 0 Å². The molecule has 0 N–H and O–H groups in total. The highest BCUT2D eigenvalue weighted by Crippen LogP contribution is 2.43. The molecule has 182 valence electrons. The van der Waals surface area contributed by atoms with Gasteiger partial charge in [-0.15, -0.1) is 0 Å². The van der Waals surface area contributed by atoms with Gasteiger partial charge in [0.25, 0.3) is 0 Å². The van der Waals surface area contributed by atoms with Crippen LogP contribution in [0, 0.1) is 6.92 Å². The summed E-state index contributed by atoms with van der Waals surface area (Å²) in [6, 6.07) is -0.0888. The monoisotopic (exact) mass is 496 g/mol. The second-order valence-corrected chi connectivity index (χ2v) is 8.71. The van der Waals surface area contributed by atoms with E-state index in [0.717, 1.165) is 0 Å². The first-order valence-corrected chi connectivity index (χ1v) is 11.4. The van der Waals surface area contributed by atoms with Crippen LogP contribution in [0.5, 0.6) is 6.01 Å². The second kappa shape index (κ2) is 9.52. The molecule has 3 aromatic rings. The van der Waals surface area contributed by atoms with Gasteiger partial charge in [0.2, 0.25) is 10.9 Å². The minimum absolute atomic E-state index is 0.0543. The standard InChI is InChI=1S/C20H23F3N8O2S/c1-4-33-19-24-7-14(8-25-19)16-17(34-18(27-16)20(21,22)23)29-5-6-31(12(2)9-29)15(32)10-30-11-26-13(3)28-30/h7-8,11-12H,4-6,9-10H2,1-3H3. The Morgan fingerprint density at radius 1 is 1.24 bits per heavy atom. The highest BCUT2D eigenvalue weighted by Gasteiger charge is 2.38. The maximum absolute atomic E-state index is 13.5. The Bertz CT molecular complexity index is 1150. The molecule has 0 aromatic carbocycles. The number of aryl methyl sites for hydroxylation is 1. The molecule has 0 spiro atoms. The molecule has 0 bridgehead atoms. The summed E-state index contributed by atoms with van der Waals surface area (Å²) in [5.74, 6) is 0.444. The van der Waals surface area contributed by atoms with Crippen LogP contribution in [0.15, 0.2) is 18.7 Å². The first kappa shape index (κ1) is 23.9. The third kappa shape index (κ3) is 5.11. The molecular weight excluding hydrogens is 473 g/mol. The summed E-state index contributed by atoms with van der Waals surface area (Å²) >= 11 is 0.576. The Balaban J connectivity index is 1.55. The summed E-state index contributed by atoms with van der Waals surface area (Å²) in [6.45, 7) is 6.87. The summed E-state index contributed by atoms with van der Waals surface area (Å²) in [5.41, 5.74) is 0.517. The minimum Gasteiger partial charge on any atom is -0.464 e. The van der Waals surface area contributed by atoms with Gasteiger partial charge in [-0.2, -0.15) is 18.3 Å². The average Bonchev–Trinajstić information content (AvgIpc) is 3.41. The number of piperazine rings is 1. The fourth-order valence-electron chi connectivity index (χ4n) is 3.68. The van der Waals surface area contributed by atoms with Gasteiger partial charge in [-0.1, -0.05) is 11.3 Å². The van der Waals surface area contributed by atoms with Crippen LogP contribution in [0.1, 0.15) is 24.7 Å². The zero-order chi connectivity index (χ0) is 24.5. The van der Waals surface area contributed by atoms with Crippen molar-refractivity contribution >= 4 is 22.2 Å². The SMILES string of the molecule is CCOc1ncc(-c2nc(C(F)(F)F)sc2N2CCN(C(=O)Cn3cnc(C)n3)C(C)C2)cn1. The molecule has 1 aliphatic heterocycles. The summed E-state index contributed by atoms with van der Waals surface area (Å²) in [6.07, 6.45) is -0.279. The van der Waals surface area contributed by atoms with Gasteiger partial charge < -0.3 is 14.5 Å². The van der Waals surface area contributed by atoms with E-state index < -0.39 is 11.2 Å². The van der Waals surface area contributed by atoms with Crippen LogP contribution in [0.4, 0.5) is 18.2 Å². The van der Waals surface area contributed by atoms with Crippen molar-refractivity contribution in [3.63, 3.8) is 0 Å². The molecule has 0 saturated carbocycles. The van der Waals surface area contributed by atoms with E-state index in [1.165, 1.54) is 23.4 Å². The highest BCUT2D eigenvalue weighted by atomic mass is 32.1. The lowest BCUT2D eigenvalue weighted by Gasteiger charge is -2.40. The number of carbonyl (C=O) groups is 1. The number of hydrogen-bond acceptors (Lipinski definition) is 9. The van der Waals surface area contributed by atoms with Crippen molar-refractivity contribution in [2.45, 2.75) is 39.5 Å². The maximum Gasteiger partial charge on any atom is 0.443 e. The number of aromatic nitrogens is 6. The van der Waals surface area contributed by atoms with E-state index in [1.807, 2.05) is 11.8 Å². The highest BCUT2D eigenvalue weighted by molar-refractivity contribution is 7.16. The van der Waals surface area contributed by atoms with Crippen LogP contribution in [-0.4, -0.2) is 72.8 Å². The predicted octanol–water partition coefficient (Wildman–Crippen LogP) is 2.65. The van der Waals surface area contributed by atoms with Crippen LogP contribution in [-0.2, 0) is 17.5 Å². The number of halogens is 3. The molecule has 1 unspecified atom stereocenters. The molecule has 1 saturated heterocycles. The third-order valence-corrected chi connectivity index (χ3v) is 6.37. The van der Waals surface area contributed by atoms with Gasteiger partial charge >= 0.3 is 12.2 Å². The van der Waals surface area contributed by atoms with Gasteiger partial charge in [0.15, 0.2) is 0 Å². The number of carbonyl (C=O) groups excluding carboxylic acids is 1. The van der Waals surface area contributed by atoms with Crippen LogP contribution in [0.25, 0.3) is 11.3 Å². The number of hydrogen-bond donors (Lipinski definition) is 0. The molecule has 4 heterocycles. The lowest BCUT2D eigenvalue weighted by molar-refractivity contribution is -0.137. The molecular formula is C20H23F3N8O2S. The molecule has 4 rings (SSSR count). The summed E-state index contributed by atoms with van der Waals surface area (Å²) in [4.78, 5) is 32.3. The quantitative estimate of drug-likeness (QED) is 0.513. The summed E-state index contributed by atoms with van der Waals surface area (Å²) < 4.78 is 47.2. The third-order valence-electron chi connectivity index (χ3n) is 5.21. The molecule has 1 aliphatic rings. The largest absolute Gasteiger partial charge is 0.464 e. The number of alkyl halides is 3. The maximum atomic E-state index is 13.5. The Kier molecular flexibility index (Phi) is 6.68. The molecule has 0 radical (unpaired) electrons. The minimum atomic E-state index is -4.58. The Labute approximate surface area is 197 Å². The lowest BCUT2D eigenvalue weighted by atomic mass is 10.1. The fraction of sp³-hybridized carbons (Fsp3) is 0.500. The fourth-order valence-corrected chi connectivity index (χ4v) is 4.67. The van der Waals surface area contributed by atoms with Crippen molar-refractivity contribution < 1.29 is 22.7 Å². The van der Waals surface area contributed by atoms with Gasteiger partial charge in [-0.3, -0.25) is 4.79 Å². The van der Waals surface area contributed by atoms with Crippen LogP contribution in [0.3, 0.4) is 0 Å². The molecule has 1 atom stereocenters. The van der Waals surface area contributed by atoms with E-state index in [-0.39, 0.29) is 30.2 Å². The number of anilines is 1. The first-order valence-electron chi connectivity index (χ1n) is 10.6. The van der Waals surface area contributed by atoms with Gasteiger partial charge in [-0.25, -0.2) is 24.6 Å². The van der Waals surface area contributed by atoms with E-state index in [4.69, 9.17) is 4.74 Å². The topological polar surface area (TPSA) is 102 Å². The van der Waals surface area contributed by atoms with E-state index in [9.17, 15) is 18.0 Å². The van der Waals surface area contributed by atoms with E-state index in [0.29, 0.717) is 54.0 Å². The van der Waals surface area contributed by atoms with E-state index in [2.05, 4.69) is 25.0 Å². The zero-order valence-electron chi connectivity index (χ0n) is 18.8. The van der Waals surface area contributed by atoms with Crippen molar-refractivity contribution in [3.05, 3.63) is 29.6 Å². The molecule has 1 fully saturated rings. The van der Waals surface area contributed by atoms with Crippen LogP contribution in [0.2, 0.25) is 0 Å². The number of thiazole rings is 1. The van der Waals surface area contributed by atoms with Gasteiger partial charge in [0.1, 0.15) is 29.4 Å². The molecule has 0 aliphatic carbocycles. The molecule has 14 heteroatoms. The van der Waals surface area contributed by atoms with Crippen molar-refractivity contribution in [1.82, 2.24) is 34.6 Å². The van der Waals surface area contributed by atoms with Crippen molar-refractivity contribution in [2.24, 2.45) is 0 Å². The second-order valence-electron chi connectivity index (χ2n) is 7.73. The molecule has 10 nitrogen and oxygen atoms in total. The van der Waals surface area contributed by atoms with Gasteiger partial charge in [-0.05, 0) is 20.8 Å².